The summed E-state index contributed by atoms with van der Waals surface area (Å²) in [6.45, 7) is 1.78. The quantitative estimate of drug-likeness (QED) is 0.754. The zero-order valence-electron chi connectivity index (χ0n) is 8.20. The first kappa shape index (κ1) is 10.3. The number of aromatic nitrogens is 1. The van der Waals surface area contributed by atoms with Crippen molar-refractivity contribution in [3.05, 3.63) is 12.3 Å². The van der Waals surface area contributed by atoms with Crippen LogP contribution in [0.1, 0.15) is 13.3 Å². The van der Waals surface area contributed by atoms with Crippen LogP contribution in [0, 0.1) is 0 Å². The molecule has 0 spiro atoms. The van der Waals surface area contributed by atoms with Gasteiger partial charge < -0.3 is 15.8 Å². The Bertz CT molecular complexity index is 339. The summed E-state index contributed by atoms with van der Waals surface area (Å²) in [4.78, 5) is 14.9. The van der Waals surface area contributed by atoms with Crippen LogP contribution in [0.2, 0.25) is 0 Å². The molecule has 0 unspecified atom stereocenters. The molecular weight excluding hydrogens is 182 g/mol. The number of pyridine rings is 1. The van der Waals surface area contributed by atoms with E-state index in [0.29, 0.717) is 23.7 Å². The zero-order chi connectivity index (χ0) is 10.6. The molecule has 0 atom stereocenters. The molecule has 1 aromatic heterocycles. The highest BCUT2D eigenvalue weighted by Crippen LogP contribution is 2.21. The highest BCUT2D eigenvalue weighted by Gasteiger charge is 2.04. The second-order valence-corrected chi connectivity index (χ2v) is 2.71. The molecule has 1 heterocycles. The monoisotopic (exact) mass is 195 g/mol. The van der Waals surface area contributed by atoms with Crippen LogP contribution in [0.3, 0.4) is 0 Å². The number of nitrogens with one attached hydrogen (secondary N) is 1. The number of carbonyl (C=O) groups is 1. The summed E-state index contributed by atoms with van der Waals surface area (Å²) in [7, 11) is 1.50. The lowest BCUT2D eigenvalue weighted by Crippen LogP contribution is -2.10. The van der Waals surface area contributed by atoms with Gasteiger partial charge in [-0.2, -0.15) is 0 Å². The number of hydrogen-bond acceptors (Lipinski definition) is 4. The summed E-state index contributed by atoms with van der Waals surface area (Å²) in [5, 5.41) is 2.66. The number of anilines is 2. The lowest BCUT2D eigenvalue weighted by atomic mass is 10.3. The first-order valence-corrected chi connectivity index (χ1v) is 4.26. The van der Waals surface area contributed by atoms with Crippen LogP contribution < -0.4 is 15.8 Å². The Balaban J connectivity index is 2.84. The van der Waals surface area contributed by atoms with Crippen molar-refractivity contribution in [2.75, 3.05) is 18.2 Å². The van der Waals surface area contributed by atoms with Crippen molar-refractivity contribution in [2.24, 2.45) is 0 Å². The maximum atomic E-state index is 11.1. The van der Waals surface area contributed by atoms with Crippen LogP contribution in [0.5, 0.6) is 5.75 Å². The van der Waals surface area contributed by atoms with Crippen LogP contribution in [-0.2, 0) is 4.79 Å². The Kier molecular flexibility index (Phi) is 3.28. The number of nitrogens with two attached hydrogens (primary N) is 1. The minimum Gasteiger partial charge on any atom is -0.493 e. The molecule has 5 heteroatoms. The van der Waals surface area contributed by atoms with E-state index in [1.807, 2.05) is 0 Å². The van der Waals surface area contributed by atoms with E-state index in [-0.39, 0.29) is 5.91 Å². The fourth-order valence-electron chi connectivity index (χ4n) is 0.936. The maximum Gasteiger partial charge on any atom is 0.224 e. The van der Waals surface area contributed by atoms with E-state index in [4.69, 9.17) is 10.5 Å². The summed E-state index contributed by atoms with van der Waals surface area (Å²) in [6, 6.07) is 1.63. The number of amides is 1. The molecule has 14 heavy (non-hydrogen) atoms. The fourth-order valence-corrected chi connectivity index (χ4v) is 0.936. The first-order chi connectivity index (χ1) is 6.67. The SMILES string of the molecule is CCC(=O)Nc1cnc(N)c(OC)c1. The number of hydrogen-bond donors (Lipinski definition) is 2. The van der Waals surface area contributed by atoms with Gasteiger partial charge in [0.2, 0.25) is 5.91 Å². The van der Waals surface area contributed by atoms with Gasteiger partial charge in [0.25, 0.3) is 0 Å². The van der Waals surface area contributed by atoms with Crippen LogP contribution in [0.25, 0.3) is 0 Å². The molecule has 0 aromatic carbocycles. The molecule has 1 aromatic rings. The largest absolute Gasteiger partial charge is 0.493 e. The van der Waals surface area contributed by atoms with E-state index in [1.165, 1.54) is 13.3 Å². The lowest BCUT2D eigenvalue weighted by molar-refractivity contribution is -0.115. The van der Waals surface area contributed by atoms with E-state index in [1.54, 1.807) is 13.0 Å². The van der Waals surface area contributed by atoms with Gasteiger partial charge in [-0.05, 0) is 0 Å². The summed E-state index contributed by atoms with van der Waals surface area (Å²) in [5.74, 6) is 0.694. The highest BCUT2D eigenvalue weighted by atomic mass is 16.5. The third kappa shape index (κ3) is 2.35. The average Bonchev–Trinajstić information content (AvgIpc) is 2.20. The van der Waals surface area contributed by atoms with Crippen LogP contribution >= 0.6 is 0 Å². The maximum absolute atomic E-state index is 11.1. The molecule has 1 rings (SSSR count). The van der Waals surface area contributed by atoms with Crippen molar-refractivity contribution >= 4 is 17.4 Å². The first-order valence-electron chi connectivity index (χ1n) is 4.26. The Hall–Kier alpha value is -1.78. The van der Waals surface area contributed by atoms with Crippen molar-refractivity contribution in [3.8, 4) is 5.75 Å². The van der Waals surface area contributed by atoms with Crippen LogP contribution in [0.4, 0.5) is 11.5 Å². The summed E-state index contributed by atoms with van der Waals surface area (Å²) < 4.78 is 4.96. The van der Waals surface area contributed by atoms with E-state index in [0.717, 1.165) is 0 Å². The minimum absolute atomic E-state index is 0.0707. The minimum atomic E-state index is -0.0707. The van der Waals surface area contributed by atoms with Crippen molar-refractivity contribution in [1.29, 1.82) is 0 Å². The number of methoxy groups -OCH3 is 1. The van der Waals surface area contributed by atoms with Crippen molar-refractivity contribution in [3.63, 3.8) is 0 Å². The van der Waals surface area contributed by atoms with Gasteiger partial charge in [0.1, 0.15) is 0 Å². The van der Waals surface area contributed by atoms with Gasteiger partial charge in [-0.25, -0.2) is 4.98 Å². The molecule has 76 valence electrons. The number of rotatable bonds is 3. The predicted molar refractivity (Wildman–Crippen MR) is 54.1 cm³/mol. The number of nitrogens with zero attached hydrogens (tertiary/aromatic N) is 1. The molecule has 0 bridgehead atoms. The molecule has 0 aliphatic carbocycles. The third-order valence-electron chi connectivity index (χ3n) is 1.71. The molecule has 0 aliphatic heterocycles. The fraction of sp³-hybridized carbons (Fsp3) is 0.333. The predicted octanol–water partition coefficient (Wildman–Crippen LogP) is 1.02. The molecule has 5 nitrogen and oxygen atoms in total. The standard InChI is InChI=1S/C9H13N3O2/c1-3-8(13)12-6-4-7(14-2)9(10)11-5-6/h4-5H,3H2,1-2H3,(H2,10,11)(H,12,13). The van der Waals surface area contributed by atoms with Gasteiger partial charge in [0.15, 0.2) is 11.6 Å². The van der Waals surface area contributed by atoms with Gasteiger partial charge in [-0.3, -0.25) is 4.79 Å². The van der Waals surface area contributed by atoms with Crippen LogP contribution in [-0.4, -0.2) is 18.0 Å². The molecule has 1 amide bonds. The number of ether oxygens (including phenoxy) is 1. The van der Waals surface area contributed by atoms with Gasteiger partial charge in [0, 0.05) is 12.5 Å². The van der Waals surface area contributed by atoms with E-state index in [9.17, 15) is 4.79 Å². The molecule has 0 radical (unpaired) electrons. The lowest BCUT2D eigenvalue weighted by Gasteiger charge is -2.07. The highest BCUT2D eigenvalue weighted by molar-refractivity contribution is 5.90. The van der Waals surface area contributed by atoms with Gasteiger partial charge in [-0.15, -0.1) is 0 Å². The number of carbonyl (C=O) groups excluding carboxylic acids is 1. The second-order valence-electron chi connectivity index (χ2n) is 2.71. The third-order valence-corrected chi connectivity index (χ3v) is 1.71. The molecule has 0 aliphatic rings. The Morgan fingerprint density at radius 2 is 2.43 bits per heavy atom. The van der Waals surface area contributed by atoms with Crippen molar-refractivity contribution < 1.29 is 9.53 Å². The Morgan fingerprint density at radius 1 is 1.71 bits per heavy atom. The average molecular weight is 195 g/mol. The van der Waals surface area contributed by atoms with E-state index >= 15 is 0 Å². The summed E-state index contributed by atoms with van der Waals surface area (Å²) in [6.07, 6.45) is 1.91. The Labute approximate surface area is 82.3 Å². The molecular formula is C9H13N3O2. The van der Waals surface area contributed by atoms with Crippen LogP contribution in [0.15, 0.2) is 12.3 Å². The summed E-state index contributed by atoms with van der Waals surface area (Å²) in [5.41, 5.74) is 6.10. The summed E-state index contributed by atoms with van der Waals surface area (Å²) >= 11 is 0. The molecule has 0 saturated heterocycles. The topological polar surface area (TPSA) is 77.2 Å². The second kappa shape index (κ2) is 4.45. The van der Waals surface area contributed by atoms with Crippen molar-refractivity contribution in [2.45, 2.75) is 13.3 Å². The van der Waals surface area contributed by atoms with Crippen molar-refractivity contribution in [1.82, 2.24) is 4.98 Å². The van der Waals surface area contributed by atoms with E-state index in [2.05, 4.69) is 10.3 Å². The van der Waals surface area contributed by atoms with Gasteiger partial charge in [-0.1, -0.05) is 6.92 Å². The normalized spacial score (nSPS) is 9.57. The number of nitrogen functional groups attached to an aromatic ring is 1. The molecule has 3 N–H and O–H groups in total. The van der Waals surface area contributed by atoms with Gasteiger partial charge in [0.05, 0.1) is 19.0 Å². The van der Waals surface area contributed by atoms with Gasteiger partial charge >= 0.3 is 0 Å². The molecule has 0 fully saturated rings. The molecule has 0 saturated carbocycles. The van der Waals surface area contributed by atoms with E-state index < -0.39 is 0 Å². The zero-order valence-corrected chi connectivity index (χ0v) is 8.20. The smallest absolute Gasteiger partial charge is 0.224 e. The Morgan fingerprint density at radius 3 is 3.00 bits per heavy atom.